The fourth-order valence-corrected chi connectivity index (χ4v) is 13.5. The van der Waals surface area contributed by atoms with Gasteiger partial charge in [0, 0.05) is 33.2 Å². The highest BCUT2D eigenvalue weighted by atomic mass is 28.3. The number of aromatic nitrogens is 3. The number of pyridine rings is 1. The van der Waals surface area contributed by atoms with Gasteiger partial charge in [0.05, 0.1) is 24.8 Å². The third kappa shape index (κ3) is 6.03. The van der Waals surface area contributed by atoms with Crippen molar-refractivity contribution in [3.05, 3.63) is 192 Å². The molecule has 0 aliphatic carbocycles. The molecule has 67 heavy (non-hydrogen) atoms. The maximum atomic E-state index is 7.24. The second kappa shape index (κ2) is 15.1. The van der Waals surface area contributed by atoms with Crippen LogP contribution in [-0.2, 0) is 12.1 Å². The minimum Gasteiger partial charge on any atom is -0.455 e. The van der Waals surface area contributed by atoms with Gasteiger partial charge in [0.2, 0.25) is 5.69 Å². The van der Waals surface area contributed by atoms with E-state index in [0.29, 0.717) is 5.92 Å². The van der Waals surface area contributed by atoms with Crippen LogP contribution in [0.5, 0.6) is 0 Å². The zero-order chi connectivity index (χ0) is 46.1. The summed E-state index contributed by atoms with van der Waals surface area (Å²) in [5.74, 6) is 2.16. The summed E-state index contributed by atoms with van der Waals surface area (Å²) in [6.45, 7) is 21.7. The molecule has 0 fully saturated rings. The van der Waals surface area contributed by atoms with Crippen LogP contribution < -0.4 is 14.3 Å². The number of benzene rings is 7. The van der Waals surface area contributed by atoms with Gasteiger partial charge in [-0.15, -0.1) is 9.13 Å². The number of hydrogen-bond donors (Lipinski definition) is 0. The van der Waals surface area contributed by atoms with Crippen LogP contribution in [-0.4, -0.2) is 12.6 Å². The maximum Gasteiger partial charge on any atom is 0.364 e. The first-order chi connectivity index (χ1) is 32.4. The molecule has 0 amide bonds. The number of nitrogens with zero attached hydrogens (tertiary/aromatic N) is 3. The Morgan fingerprint density at radius 1 is 0.597 bits per heavy atom. The molecule has 0 radical (unpaired) electrons. The normalized spacial score (nSPS) is 15.2. The van der Waals surface area contributed by atoms with Crippen molar-refractivity contribution >= 4 is 46.2 Å². The molecule has 10 aromatic rings. The van der Waals surface area contributed by atoms with Gasteiger partial charge in [0.25, 0.3) is 0 Å². The standard InChI is InChI=1S/C62H59N3OSi/c1-38(2)32-45-36-55-50-33-43(41-20-12-10-13-21-41)28-30-51(50)62(63(55)37-57(45)67(7,8)9)52-31-29-47-46-24-16-19-27-56(46)66-60(47)58(52)61-64(53-25-17-18-26-54(53)65(61)62)59-48(39(3)4)34-44(35-49(59)40(5)6)42-22-14-11-15-23-42/h10-31,33-40H,32H2,1-9H3/q+2. The molecule has 5 heteroatoms. The van der Waals surface area contributed by atoms with Crippen molar-refractivity contribution < 1.29 is 13.6 Å². The molecule has 0 saturated heterocycles. The Hall–Kier alpha value is -6.82. The van der Waals surface area contributed by atoms with Gasteiger partial charge in [-0.2, -0.15) is 4.57 Å². The average Bonchev–Trinajstić information content (AvgIpc) is 4.04. The molecule has 1 spiro atoms. The Morgan fingerprint density at radius 3 is 1.90 bits per heavy atom. The molecule has 3 aromatic heterocycles. The maximum absolute atomic E-state index is 7.24. The number of fused-ring (bicyclic) bond motifs is 16. The van der Waals surface area contributed by atoms with E-state index in [1.807, 2.05) is 0 Å². The lowest BCUT2D eigenvalue weighted by Crippen LogP contribution is -2.72. The molecule has 12 rings (SSSR count). The molecule has 1 atom stereocenters. The lowest BCUT2D eigenvalue weighted by molar-refractivity contribution is -0.944. The molecule has 4 nitrogen and oxygen atoms in total. The van der Waals surface area contributed by atoms with Gasteiger partial charge < -0.3 is 4.42 Å². The summed E-state index contributed by atoms with van der Waals surface area (Å²) in [6, 6.07) is 59.2. The third-order valence-electron chi connectivity index (χ3n) is 14.7. The van der Waals surface area contributed by atoms with Crippen LogP contribution in [0.15, 0.2) is 168 Å². The minimum atomic E-state index is -1.90. The largest absolute Gasteiger partial charge is 0.455 e. The highest BCUT2D eigenvalue weighted by molar-refractivity contribution is 6.89. The quantitative estimate of drug-likeness (QED) is 0.110. The summed E-state index contributed by atoms with van der Waals surface area (Å²) in [5, 5.41) is 3.80. The van der Waals surface area contributed by atoms with Gasteiger partial charge in [-0.3, -0.25) is 0 Å². The molecule has 0 saturated carbocycles. The van der Waals surface area contributed by atoms with Gasteiger partial charge in [0.15, 0.2) is 22.8 Å². The number of hydrogen-bond acceptors (Lipinski definition) is 1. The summed E-state index contributed by atoms with van der Waals surface area (Å²) < 4.78 is 15.3. The summed E-state index contributed by atoms with van der Waals surface area (Å²) in [5.41, 5.74) is 20.0. The smallest absolute Gasteiger partial charge is 0.364 e. The number of imidazole rings is 1. The van der Waals surface area contributed by atoms with Crippen LogP contribution in [0.4, 0.5) is 0 Å². The average molecular weight is 890 g/mol. The predicted octanol–water partition coefficient (Wildman–Crippen LogP) is 14.7. The van der Waals surface area contributed by atoms with Crippen LogP contribution in [0.1, 0.15) is 81.2 Å². The molecule has 330 valence electrons. The SMILES string of the molecule is CC(C)Cc1cc2[n+](cc1[Si](C)(C)C)C1(c3ccc(-c4ccccc4)cc3-2)c2ccc3c(oc4ccccc43)c2-c2n(-c3c(C(C)C)cc(-c4ccccc4)cc3C(C)C)c3ccccc3[n+]21. The first kappa shape index (κ1) is 41.6. The van der Waals surface area contributed by atoms with Crippen LogP contribution in [0, 0.1) is 5.92 Å². The summed E-state index contributed by atoms with van der Waals surface area (Å²) in [4.78, 5) is 0. The third-order valence-corrected chi connectivity index (χ3v) is 16.8. The summed E-state index contributed by atoms with van der Waals surface area (Å²) in [7, 11) is -1.90. The summed E-state index contributed by atoms with van der Waals surface area (Å²) in [6.07, 6.45) is 3.65. The van der Waals surface area contributed by atoms with Gasteiger partial charge in [-0.1, -0.05) is 158 Å². The fraction of sp³-hybridized carbons (Fsp3) is 0.226. The Balaban J connectivity index is 1.30. The second-order valence-electron chi connectivity index (χ2n) is 21.2. The van der Waals surface area contributed by atoms with Crippen LogP contribution in [0.3, 0.4) is 0 Å². The van der Waals surface area contributed by atoms with Crippen molar-refractivity contribution in [2.75, 3.05) is 0 Å². The van der Waals surface area contributed by atoms with E-state index in [-0.39, 0.29) is 11.8 Å². The fourth-order valence-electron chi connectivity index (χ4n) is 11.8. The molecule has 5 heterocycles. The van der Waals surface area contributed by atoms with Crippen molar-refractivity contribution in [2.24, 2.45) is 5.92 Å². The van der Waals surface area contributed by atoms with Crippen molar-refractivity contribution in [3.63, 3.8) is 0 Å². The molecule has 0 bridgehead atoms. The molecular formula is C62H59N3OSi+2. The Bertz CT molecular complexity index is 3600. The molecular weight excluding hydrogens is 831 g/mol. The van der Waals surface area contributed by atoms with Crippen molar-refractivity contribution in [1.29, 1.82) is 0 Å². The van der Waals surface area contributed by atoms with E-state index < -0.39 is 13.7 Å². The minimum absolute atomic E-state index is 0.243. The summed E-state index contributed by atoms with van der Waals surface area (Å²) >= 11 is 0. The van der Waals surface area contributed by atoms with E-state index in [4.69, 9.17) is 4.42 Å². The lowest BCUT2D eigenvalue weighted by atomic mass is 9.87. The Kier molecular flexibility index (Phi) is 9.37. The van der Waals surface area contributed by atoms with E-state index in [1.54, 1.807) is 0 Å². The van der Waals surface area contributed by atoms with Crippen LogP contribution in [0.2, 0.25) is 19.6 Å². The van der Waals surface area contributed by atoms with Crippen LogP contribution in [0.25, 0.3) is 83.6 Å². The second-order valence-corrected chi connectivity index (χ2v) is 26.3. The topological polar surface area (TPSA) is 25.8 Å². The Morgan fingerprint density at radius 2 is 1.22 bits per heavy atom. The first-order valence-corrected chi connectivity index (χ1v) is 27.9. The van der Waals surface area contributed by atoms with Crippen molar-refractivity contribution in [2.45, 2.75) is 85.1 Å². The van der Waals surface area contributed by atoms with E-state index in [9.17, 15) is 0 Å². The van der Waals surface area contributed by atoms with Crippen molar-refractivity contribution in [3.8, 4) is 50.6 Å². The zero-order valence-electron chi connectivity index (χ0n) is 40.3. The highest BCUT2D eigenvalue weighted by Crippen LogP contribution is 2.54. The molecule has 1 unspecified atom stereocenters. The van der Waals surface area contributed by atoms with E-state index in [0.717, 1.165) is 39.7 Å². The van der Waals surface area contributed by atoms with Gasteiger partial charge in [-0.25, -0.2) is 0 Å². The van der Waals surface area contributed by atoms with E-state index in [2.05, 4.69) is 239 Å². The number of para-hydroxylation sites is 3. The highest BCUT2D eigenvalue weighted by Gasteiger charge is 2.67. The van der Waals surface area contributed by atoms with E-state index in [1.165, 1.54) is 83.2 Å². The van der Waals surface area contributed by atoms with Gasteiger partial charge in [-0.05, 0) is 107 Å². The van der Waals surface area contributed by atoms with Crippen LogP contribution >= 0.6 is 0 Å². The number of furan rings is 1. The molecule has 0 N–H and O–H groups in total. The van der Waals surface area contributed by atoms with Gasteiger partial charge in [0.1, 0.15) is 16.8 Å². The monoisotopic (exact) mass is 889 g/mol. The van der Waals surface area contributed by atoms with Crippen molar-refractivity contribution in [1.82, 2.24) is 4.57 Å². The lowest BCUT2D eigenvalue weighted by Gasteiger charge is -2.24. The molecule has 7 aromatic carbocycles. The number of rotatable bonds is 8. The van der Waals surface area contributed by atoms with E-state index >= 15 is 0 Å². The predicted molar refractivity (Wildman–Crippen MR) is 280 cm³/mol. The van der Waals surface area contributed by atoms with Gasteiger partial charge >= 0.3 is 11.5 Å². The Labute approximate surface area is 395 Å². The first-order valence-electron chi connectivity index (χ1n) is 24.4. The molecule has 2 aliphatic rings. The molecule has 2 aliphatic heterocycles. The zero-order valence-corrected chi connectivity index (χ0v) is 41.3.